The Morgan fingerprint density at radius 2 is 1.95 bits per heavy atom. The first-order chi connectivity index (χ1) is 10.6. The summed E-state index contributed by atoms with van der Waals surface area (Å²) in [7, 11) is 0. The summed E-state index contributed by atoms with van der Waals surface area (Å²) in [5.41, 5.74) is 2.24. The summed E-state index contributed by atoms with van der Waals surface area (Å²) in [6.45, 7) is 0. The van der Waals surface area contributed by atoms with E-state index in [4.69, 9.17) is 9.84 Å². The van der Waals surface area contributed by atoms with Crippen molar-refractivity contribution >= 4 is 11.9 Å². The minimum absolute atomic E-state index is 0.00393. The summed E-state index contributed by atoms with van der Waals surface area (Å²) in [5, 5.41) is 9.12. The number of ether oxygens (including phenoxy) is 1. The van der Waals surface area contributed by atoms with Crippen molar-refractivity contribution in [1.82, 2.24) is 0 Å². The van der Waals surface area contributed by atoms with Gasteiger partial charge in [-0.05, 0) is 48.1 Å². The molecule has 1 unspecified atom stereocenters. The second kappa shape index (κ2) is 6.02. The highest BCUT2D eigenvalue weighted by molar-refractivity contribution is 5.88. The van der Waals surface area contributed by atoms with Crippen LogP contribution in [-0.2, 0) is 11.2 Å². The lowest BCUT2D eigenvalue weighted by atomic mass is 9.86. The molecule has 1 atom stereocenters. The third-order valence-electron chi connectivity index (χ3n) is 3.96. The Bertz CT molecular complexity index is 706. The van der Waals surface area contributed by atoms with Gasteiger partial charge in [0.2, 0.25) is 0 Å². The van der Waals surface area contributed by atoms with E-state index in [2.05, 4.69) is 12.1 Å². The highest BCUT2D eigenvalue weighted by atomic mass is 16.5. The smallest absolute Gasteiger partial charge is 0.335 e. The molecule has 2 aromatic rings. The monoisotopic (exact) mass is 296 g/mol. The first-order valence-corrected chi connectivity index (χ1v) is 7.25. The lowest BCUT2D eigenvalue weighted by Gasteiger charge is -2.24. The standard InChI is InChI=1S/C18H16O4/c19-17-11-13(7-6-12-4-2-1-3-5-12)15-10-14(18(20)21)8-9-16(15)22-17/h1-5,8-10,13H,6-7,11H2,(H,20,21). The molecule has 0 fully saturated rings. The lowest BCUT2D eigenvalue weighted by Crippen LogP contribution is -2.21. The number of aryl methyl sites for hydroxylation is 1. The zero-order chi connectivity index (χ0) is 15.5. The first kappa shape index (κ1) is 14.3. The maximum atomic E-state index is 11.7. The van der Waals surface area contributed by atoms with Gasteiger partial charge in [0.15, 0.2) is 0 Å². The van der Waals surface area contributed by atoms with Crippen LogP contribution in [0.15, 0.2) is 48.5 Å². The molecule has 0 spiro atoms. The zero-order valence-corrected chi connectivity index (χ0v) is 12.0. The number of benzene rings is 2. The van der Waals surface area contributed by atoms with Crippen LogP contribution in [-0.4, -0.2) is 17.0 Å². The van der Waals surface area contributed by atoms with E-state index in [1.54, 1.807) is 12.1 Å². The summed E-state index contributed by atoms with van der Waals surface area (Å²) in [6, 6.07) is 14.7. The molecule has 1 aliphatic heterocycles. The largest absolute Gasteiger partial charge is 0.478 e. The number of rotatable bonds is 4. The van der Waals surface area contributed by atoms with E-state index in [0.717, 1.165) is 18.4 Å². The SMILES string of the molecule is O=C1CC(CCc2ccccc2)c2cc(C(=O)O)ccc2O1. The molecule has 22 heavy (non-hydrogen) atoms. The van der Waals surface area contributed by atoms with Crippen molar-refractivity contribution < 1.29 is 19.4 Å². The molecule has 0 bridgehead atoms. The van der Waals surface area contributed by atoms with E-state index in [0.29, 0.717) is 12.2 Å². The number of hydrogen-bond acceptors (Lipinski definition) is 3. The van der Waals surface area contributed by atoms with Crippen molar-refractivity contribution in [2.45, 2.75) is 25.2 Å². The highest BCUT2D eigenvalue weighted by Crippen LogP contribution is 2.37. The Kier molecular flexibility index (Phi) is 3.92. The van der Waals surface area contributed by atoms with Crippen LogP contribution in [0.4, 0.5) is 0 Å². The van der Waals surface area contributed by atoms with Crippen LogP contribution in [0, 0.1) is 0 Å². The van der Waals surface area contributed by atoms with E-state index in [1.807, 2.05) is 18.2 Å². The van der Waals surface area contributed by atoms with Crippen LogP contribution >= 0.6 is 0 Å². The molecule has 1 N–H and O–H groups in total. The van der Waals surface area contributed by atoms with E-state index >= 15 is 0 Å². The molecule has 4 nitrogen and oxygen atoms in total. The predicted octanol–water partition coefficient (Wildman–Crippen LogP) is 3.41. The van der Waals surface area contributed by atoms with Crippen molar-refractivity contribution in [3.05, 3.63) is 65.2 Å². The van der Waals surface area contributed by atoms with Crippen molar-refractivity contribution in [2.24, 2.45) is 0 Å². The Hall–Kier alpha value is -2.62. The van der Waals surface area contributed by atoms with Crippen LogP contribution in [0.1, 0.15) is 40.2 Å². The molecule has 0 saturated heterocycles. The van der Waals surface area contributed by atoms with Gasteiger partial charge in [0.05, 0.1) is 12.0 Å². The average Bonchev–Trinajstić information content (AvgIpc) is 2.53. The minimum Gasteiger partial charge on any atom is -0.478 e. The number of aromatic carboxylic acids is 1. The summed E-state index contributed by atoms with van der Waals surface area (Å²) >= 11 is 0. The van der Waals surface area contributed by atoms with Gasteiger partial charge in [0.1, 0.15) is 5.75 Å². The van der Waals surface area contributed by atoms with Gasteiger partial charge < -0.3 is 9.84 Å². The zero-order valence-electron chi connectivity index (χ0n) is 12.0. The lowest BCUT2D eigenvalue weighted by molar-refractivity contribution is -0.136. The molecule has 2 aromatic carbocycles. The topological polar surface area (TPSA) is 63.6 Å². The molecule has 1 heterocycles. The van der Waals surface area contributed by atoms with Crippen molar-refractivity contribution in [3.8, 4) is 5.75 Å². The summed E-state index contributed by atoms with van der Waals surface area (Å²) in [4.78, 5) is 22.9. The van der Waals surface area contributed by atoms with Gasteiger partial charge in [-0.2, -0.15) is 0 Å². The fourth-order valence-electron chi connectivity index (χ4n) is 2.81. The second-order valence-corrected chi connectivity index (χ2v) is 5.46. The minimum atomic E-state index is -0.971. The van der Waals surface area contributed by atoms with Crippen LogP contribution in [0.2, 0.25) is 0 Å². The molecule has 0 amide bonds. The number of hydrogen-bond donors (Lipinski definition) is 1. The van der Waals surface area contributed by atoms with Gasteiger partial charge in [0.25, 0.3) is 0 Å². The van der Waals surface area contributed by atoms with Gasteiger partial charge in [-0.15, -0.1) is 0 Å². The molecule has 4 heteroatoms. The number of carbonyl (C=O) groups excluding carboxylic acids is 1. The van der Waals surface area contributed by atoms with Crippen molar-refractivity contribution in [3.63, 3.8) is 0 Å². The Balaban J connectivity index is 1.84. The third kappa shape index (κ3) is 3.01. The molecule has 0 aliphatic carbocycles. The van der Waals surface area contributed by atoms with Gasteiger partial charge in [0, 0.05) is 0 Å². The van der Waals surface area contributed by atoms with E-state index in [9.17, 15) is 9.59 Å². The predicted molar refractivity (Wildman–Crippen MR) is 81.2 cm³/mol. The molecular formula is C18H16O4. The van der Waals surface area contributed by atoms with Crippen molar-refractivity contribution in [2.75, 3.05) is 0 Å². The quantitative estimate of drug-likeness (QED) is 0.693. The van der Waals surface area contributed by atoms with Gasteiger partial charge in [-0.3, -0.25) is 4.79 Å². The maximum Gasteiger partial charge on any atom is 0.335 e. The highest BCUT2D eigenvalue weighted by Gasteiger charge is 2.27. The van der Waals surface area contributed by atoms with E-state index in [1.165, 1.54) is 11.6 Å². The van der Waals surface area contributed by atoms with Crippen LogP contribution in [0.3, 0.4) is 0 Å². The van der Waals surface area contributed by atoms with E-state index in [-0.39, 0.29) is 17.5 Å². The van der Waals surface area contributed by atoms with E-state index < -0.39 is 5.97 Å². The number of carbonyl (C=O) groups is 2. The van der Waals surface area contributed by atoms with Crippen LogP contribution in [0.25, 0.3) is 0 Å². The van der Waals surface area contributed by atoms with Crippen LogP contribution < -0.4 is 4.74 Å². The van der Waals surface area contributed by atoms with Crippen molar-refractivity contribution in [1.29, 1.82) is 0 Å². The Morgan fingerprint density at radius 3 is 2.68 bits per heavy atom. The van der Waals surface area contributed by atoms with Crippen LogP contribution in [0.5, 0.6) is 5.75 Å². The van der Waals surface area contributed by atoms with Gasteiger partial charge in [-0.25, -0.2) is 4.79 Å². The molecule has 3 rings (SSSR count). The van der Waals surface area contributed by atoms with Gasteiger partial charge >= 0.3 is 11.9 Å². The Labute approximate surface area is 128 Å². The third-order valence-corrected chi connectivity index (χ3v) is 3.96. The van der Waals surface area contributed by atoms with Gasteiger partial charge in [-0.1, -0.05) is 30.3 Å². The molecule has 1 aliphatic rings. The number of carboxylic acids is 1. The summed E-state index contributed by atoms with van der Waals surface area (Å²) in [6.07, 6.45) is 1.92. The maximum absolute atomic E-state index is 11.7. The fraction of sp³-hybridized carbons (Fsp3) is 0.222. The molecule has 0 radical (unpaired) electrons. The number of esters is 1. The number of fused-ring (bicyclic) bond motifs is 1. The molecule has 112 valence electrons. The average molecular weight is 296 g/mol. The fourth-order valence-corrected chi connectivity index (χ4v) is 2.81. The first-order valence-electron chi connectivity index (χ1n) is 7.25. The molecule has 0 aromatic heterocycles. The number of carboxylic acid groups (broad SMARTS) is 1. The summed E-state index contributed by atoms with van der Waals surface area (Å²) < 4.78 is 5.22. The summed E-state index contributed by atoms with van der Waals surface area (Å²) in [5.74, 6) is -0.745. The normalized spacial score (nSPS) is 16.7. The Morgan fingerprint density at radius 1 is 1.18 bits per heavy atom. The second-order valence-electron chi connectivity index (χ2n) is 5.46. The molecule has 0 saturated carbocycles. The molecular weight excluding hydrogens is 280 g/mol.